The highest BCUT2D eigenvalue weighted by atomic mass is 16.2. The van der Waals surface area contributed by atoms with Crippen molar-refractivity contribution in [1.82, 2.24) is 9.80 Å². The van der Waals surface area contributed by atoms with Gasteiger partial charge in [0, 0.05) is 25.0 Å². The van der Waals surface area contributed by atoms with Gasteiger partial charge in [-0.1, -0.05) is 43.2 Å². The Bertz CT molecular complexity index is 685. The number of rotatable bonds is 5. The van der Waals surface area contributed by atoms with Gasteiger partial charge in [-0.3, -0.25) is 9.59 Å². The molecule has 2 aliphatic carbocycles. The van der Waals surface area contributed by atoms with Crippen molar-refractivity contribution in [1.29, 1.82) is 0 Å². The van der Waals surface area contributed by atoms with Crippen molar-refractivity contribution in [2.45, 2.75) is 70.4 Å². The maximum Gasteiger partial charge on any atom is 0.245 e. The van der Waals surface area contributed by atoms with E-state index >= 15 is 0 Å². The lowest BCUT2D eigenvalue weighted by atomic mass is 9.84. The summed E-state index contributed by atoms with van der Waals surface area (Å²) in [7, 11) is 0. The highest BCUT2D eigenvalue weighted by Crippen LogP contribution is 2.51. The third-order valence-electron chi connectivity index (χ3n) is 7.04. The molecule has 0 aromatic heterocycles. The number of fused-ring (bicyclic) bond motifs is 1. The number of hydrogen-bond acceptors (Lipinski definition) is 2. The summed E-state index contributed by atoms with van der Waals surface area (Å²) in [6, 6.07) is 10.4. The molecule has 2 amide bonds. The van der Waals surface area contributed by atoms with Crippen LogP contribution < -0.4 is 0 Å². The van der Waals surface area contributed by atoms with Crippen molar-refractivity contribution in [3.8, 4) is 0 Å². The summed E-state index contributed by atoms with van der Waals surface area (Å²) in [5.74, 6) is 1.33. The molecule has 0 radical (unpaired) electrons. The molecule has 146 valence electrons. The van der Waals surface area contributed by atoms with Gasteiger partial charge in [-0.15, -0.1) is 0 Å². The molecule has 1 aliphatic heterocycles. The fourth-order valence-corrected chi connectivity index (χ4v) is 5.47. The van der Waals surface area contributed by atoms with E-state index < -0.39 is 0 Å². The van der Waals surface area contributed by atoms with Gasteiger partial charge in [0.2, 0.25) is 11.8 Å². The monoisotopic (exact) mass is 368 g/mol. The predicted molar refractivity (Wildman–Crippen MR) is 106 cm³/mol. The van der Waals surface area contributed by atoms with Crippen LogP contribution in [0.25, 0.3) is 0 Å². The van der Waals surface area contributed by atoms with Gasteiger partial charge in [-0.25, -0.2) is 0 Å². The molecule has 0 N–H and O–H groups in total. The molecular weight excluding hydrogens is 336 g/mol. The minimum atomic E-state index is -0.234. The molecule has 1 aromatic carbocycles. The normalized spacial score (nSPS) is 32.1. The van der Waals surface area contributed by atoms with Gasteiger partial charge in [0.25, 0.3) is 0 Å². The Kier molecular flexibility index (Phi) is 5.25. The van der Waals surface area contributed by atoms with Crippen LogP contribution in [0.4, 0.5) is 0 Å². The zero-order chi connectivity index (χ0) is 19.0. The summed E-state index contributed by atoms with van der Waals surface area (Å²) in [5, 5.41) is 0. The summed E-state index contributed by atoms with van der Waals surface area (Å²) in [6.07, 6.45) is 6.47. The van der Waals surface area contributed by atoms with E-state index in [9.17, 15) is 9.59 Å². The summed E-state index contributed by atoms with van der Waals surface area (Å²) < 4.78 is 0. The Morgan fingerprint density at radius 2 is 1.74 bits per heavy atom. The number of amides is 2. The third kappa shape index (κ3) is 3.39. The first kappa shape index (κ1) is 18.5. The van der Waals surface area contributed by atoms with Crippen molar-refractivity contribution in [2.24, 2.45) is 11.8 Å². The Morgan fingerprint density at radius 1 is 1.04 bits per heavy atom. The van der Waals surface area contributed by atoms with Crippen molar-refractivity contribution in [2.75, 3.05) is 13.1 Å². The van der Waals surface area contributed by atoms with Crippen LogP contribution in [0.5, 0.6) is 0 Å². The molecule has 2 saturated carbocycles. The molecule has 27 heavy (non-hydrogen) atoms. The maximum atomic E-state index is 13.5. The zero-order valence-electron chi connectivity index (χ0n) is 16.6. The second kappa shape index (κ2) is 7.65. The Morgan fingerprint density at radius 3 is 2.44 bits per heavy atom. The van der Waals surface area contributed by atoms with Gasteiger partial charge in [0.15, 0.2) is 0 Å². The Hall–Kier alpha value is -1.84. The van der Waals surface area contributed by atoms with Crippen LogP contribution in [0.3, 0.4) is 0 Å². The quantitative estimate of drug-likeness (QED) is 0.793. The molecule has 4 nitrogen and oxygen atoms in total. The standard InChI is InChI=1S/C23H32N2O2/c1-3-24(4-2)23(27)21-14-17-12-8-9-13-20(17)25(21)22(26)19-15-18(19)16-10-6-5-7-11-16/h5-7,10-11,17-21H,3-4,8-9,12-15H2,1-2H3/t17-,18-,19+,20-,21-/m0/s1. The maximum absolute atomic E-state index is 13.5. The van der Waals surface area contributed by atoms with Crippen molar-refractivity contribution in [3.05, 3.63) is 35.9 Å². The predicted octanol–water partition coefficient (Wildman–Crippen LogP) is 3.82. The zero-order valence-corrected chi connectivity index (χ0v) is 16.6. The van der Waals surface area contributed by atoms with E-state index in [0.717, 1.165) is 32.4 Å². The molecule has 3 aliphatic rings. The van der Waals surface area contributed by atoms with Gasteiger partial charge in [-0.2, -0.15) is 0 Å². The van der Waals surface area contributed by atoms with E-state index in [1.807, 2.05) is 24.8 Å². The second-order valence-corrected chi connectivity index (χ2v) is 8.48. The molecule has 3 fully saturated rings. The lowest BCUT2D eigenvalue weighted by molar-refractivity contribution is -0.146. The fraction of sp³-hybridized carbons (Fsp3) is 0.652. The number of benzene rings is 1. The third-order valence-corrected chi connectivity index (χ3v) is 7.04. The average molecular weight is 369 g/mol. The first-order chi connectivity index (χ1) is 13.2. The van der Waals surface area contributed by atoms with Crippen molar-refractivity contribution in [3.63, 3.8) is 0 Å². The SMILES string of the molecule is CCN(CC)C(=O)[C@@H]1C[C@@H]2CCCC[C@@H]2N1C(=O)[C@@H]1C[C@H]1c1ccccc1. The number of likely N-dealkylation sites (tertiary alicyclic amines) is 1. The summed E-state index contributed by atoms with van der Waals surface area (Å²) in [6.45, 7) is 5.50. The molecule has 0 bridgehead atoms. The van der Waals surface area contributed by atoms with Crippen LogP contribution in [-0.2, 0) is 9.59 Å². The second-order valence-electron chi connectivity index (χ2n) is 8.48. The molecule has 4 heteroatoms. The molecule has 0 unspecified atom stereocenters. The van der Waals surface area contributed by atoms with Crippen LogP contribution in [-0.4, -0.2) is 46.8 Å². The molecule has 1 aromatic rings. The highest BCUT2D eigenvalue weighted by Gasteiger charge is 2.54. The molecular formula is C23H32N2O2. The Labute approximate surface area is 162 Å². The summed E-state index contributed by atoms with van der Waals surface area (Å²) >= 11 is 0. The van der Waals surface area contributed by atoms with Crippen molar-refractivity contribution >= 4 is 11.8 Å². The molecule has 1 heterocycles. The molecule has 0 spiro atoms. The van der Waals surface area contributed by atoms with Crippen LogP contribution in [0.1, 0.15) is 63.9 Å². The van der Waals surface area contributed by atoms with Gasteiger partial charge < -0.3 is 9.80 Å². The fourth-order valence-electron chi connectivity index (χ4n) is 5.47. The smallest absolute Gasteiger partial charge is 0.245 e. The van der Waals surface area contributed by atoms with E-state index in [2.05, 4.69) is 29.2 Å². The number of likely N-dealkylation sites (N-methyl/N-ethyl adjacent to an activating group) is 1. The first-order valence-electron chi connectivity index (χ1n) is 10.8. The molecule has 1 saturated heterocycles. The number of nitrogens with zero attached hydrogens (tertiary/aromatic N) is 2. The highest BCUT2D eigenvalue weighted by molar-refractivity contribution is 5.91. The van der Waals surface area contributed by atoms with E-state index in [1.54, 1.807) is 0 Å². The van der Waals surface area contributed by atoms with E-state index in [-0.39, 0.29) is 29.8 Å². The Balaban J connectivity index is 1.55. The first-order valence-corrected chi connectivity index (χ1v) is 10.8. The molecule has 5 atom stereocenters. The summed E-state index contributed by atoms with van der Waals surface area (Å²) in [4.78, 5) is 30.7. The number of hydrogen-bond donors (Lipinski definition) is 0. The van der Waals surface area contributed by atoms with Crippen LogP contribution in [0.15, 0.2) is 30.3 Å². The lowest BCUT2D eigenvalue weighted by Gasteiger charge is -2.35. The van der Waals surface area contributed by atoms with E-state index in [0.29, 0.717) is 11.8 Å². The minimum Gasteiger partial charge on any atom is -0.341 e. The van der Waals surface area contributed by atoms with E-state index in [4.69, 9.17) is 0 Å². The van der Waals surface area contributed by atoms with Crippen LogP contribution in [0, 0.1) is 11.8 Å². The summed E-state index contributed by atoms with van der Waals surface area (Å²) in [5.41, 5.74) is 1.27. The van der Waals surface area contributed by atoms with Crippen LogP contribution in [0.2, 0.25) is 0 Å². The van der Waals surface area contributed by atoms with E-state index in [1.165, 1.54) is 24.8 Å². The minimum absolute atomic E-state index is 0.0695. The topological polar surface area (TPSA) is 40.6 Å². The van der Waals surface area contributed by atoms with Gasteiger partial charge in [0.1, 0.15) is 6.04 Å². The van der Waals surface area contributed by atoms with Crippen LogP contribution >= 0.6 is 0 Å². The largest absolute Gasteiger partial charge is 0.341 e. The lowest BCUT2D eigenvalue weighted by Crippen LogP contribution is -2.51. The molecule has 4 rings (SSSR count). The van der Waals surface area contributed by atoms with Crippen molar-refractivity contribution < 1.29 is 9.59 Å². The number of carbonyl (C=O) groups excluding carboxylic acids is 2. The van der Waals surface area contributed by atoms with Gasteiger partial charge >= 0.3 is 0 Å². The number of carbonyl (C=O) groups is 2. The average Bonchev–Trinajstić information content (AvgIpc) is 3.42. The van der Waals surface area contributed by atoms with Gasteiger partial charge in [-0.05, 0) is 56.9 Å². The van der Waals surface area contributed by atoms with Gasteiger partial charge in [0.05, 0.1) is 0 Å².